The van der Waals surface area contributed by atoms with Crippen LogP contribution in [0.3, 0.4) is 0 Å². The molecule has 3 rings (SSSR count). The van der Waals surface area contributed by atoms with Crippen molar-refractivity contribution in [2.24, 2.45) is 10.1 Å². The Hall–Kier alpha value is -2.87. The summed E-state index contributed by atoms with van der Waals surface area (Å²) in [5.41, 5.74) is 7.71. The standard InChI is InChI=1S/C20H23N3O4S/c1-13-7-4-5-9-15(13)19(24)22-20(2,3)12-27-16-10-6-8-14-11-28(25,26)23-18(21)17(14)16/h4-10H,11-12H2,1-3H3,(H2,21,23)(H,22,24). The number of aryl methyl sites for hydroxylation is 1. The van der Waals surface area contributed by atoms with Gasteiger partial charge < -0.3 is 15.8 Å². The molecule has 8 heteroatoms. The van der Waals surface area contributed by atoms with Crippen molar-refractivity contribution in [3.8, 4) is 5.75 Å². The monoisotopic (exact) mass is 401 g/mol. The second kappa shape index (κ2) is 7.27. The van der Waals surface area contributed by atoms with Crippen LogP contribution >= 0.6 is 0 Å². The SMILES string of the molecule is Cc1ccccc1C(=O)NC(C)(C)COc1cccc2c1C(N)=NS(=O)(=O)C2. The minimum absolute atomic E-state index is 0.0846. The predicted octanol–water partition coefficient (Wildman–Crippen LogP) is 2.13. The fourth-order valence-corrected chi connectivity index (χ4v) is 4.12. The van der Waals surface area contributed by atoms with E-state index < -0.39 is 15.6 Å². The first-order valence-corrected chi connectivity index (χ1v) is 10.4. The van der Waals surface area contributed by atoms with Gasteiger partial charge >= 0.3 is 0 Å². The minimum atomic E-state index is -3.61. The molecule has 0 fully saturated rings. The second-order valence-electron chi connectivity index (χ2n) is 7.43. The van der Waals surface area contributed by atoms with Gasteiger partial charge in [0.1, 0.15) is 18.2 Å². The molecule has 1 aliphatic heterocycles. The smallest absolute Gasteiger partial charge is 0.259 e. The van der Waals surface area contributed by atoms with E-state index in [9.17, 15) is 13.2 Å². The Kier molecular flexibility index (Phi) is 5.16. The fraction of sp³-hybridized carbons (Fsp3) is 0.300. The lowest BCUT2D eigenvalue weighted by atomic mass is 10.0. The quantitative estimate of drug-likeness (QED) is 0.797. The summed E-state index contributed by atoms with van der Waals surface area (Å²) < 4.78 is 33.0. The highest BCUT2D eigenvalue weighted by atomic mass is 32.2. The topological polar surface area (TPSA) is 111 Å². The molecule has 0 radical (unpaired) electrons. The highest BCUT2D eigenvalue weighted by Crippen LogP contribution is 2.28. The van der Waals surface area contributed by atoms with E-state index >= 15 is 0 Å². The van der Waals surface area contributed by atoms with Crippen LogP contribution in [0.4, 0.5) is 0 Å². The third kappa shape index (κ3) is 4.33. The van der Waals surface area contributed by atoms with E-state index in [0.29, 0.717) is 22.4 Å². The molecule has 0 aliphatic carbocycles. The van der Waals surface area contributed by atoms with Crippen LogP contribution in [-0.4, -0.2) is 32.3 Å². The van der Waals surface area contributed by atoms with Gasteiger partial charge in [-0.15, -0.1) is 4.40 Å². The van der Waals surface area contributed by atoms with Crippen molar-refractivity contribution in [2.75, 3.05) is 6.61 Å². The first-order valence-electron chi connectivity index (χ1n) is 8.79. The molecule has 0 saturated carbocycles. The first kappa shape index (κ1) is 19.9. The second-order valence-corrected chi connectivity index (χ2v) is 9.07. The Balaban J connectivity index is 1.76. The molecule has 7 nitrogen and oxygen atoms in total. The Morgan fingerprint density at radius 1 is 1.21 bits per heavy atom. The van der Waals surface area contributed by atoms with Gasteiger partial charge in [0.2, 0.25) is 0 Å². The highest BCUT2D eigenvalue weighted by molar-refractivity contribution is 7.89. The first-order chi connectivity index (χ1) is 13.1. The number of carbonyl (C=O) groups excluding carboxylic acids is 1. The normalized spacial score (nSPS) is 15.3. The van der Waals surface area contributed by atoms with Gasteiger partial charge in [0.25, 0.3) is 15.9 Å². The van der Waals surface area contributed by atoms with Crippen LogP contribution in [0.2, 0.25) is 0 Å². The van der Waals surface area contributed by atoms with Crippen molar-refractivity contribution >= 4 is 21.8 Å². The molecule has 3 N–H and O–H groups in total. The molecule has 1 amide bonds. The van der Waals surface area contributed by atoms with E-state index in [1.807, 2.05) is 39.0 Å². The maximum Gasteiger partial charge on any atom is 0.259 e. The Labute approximate surface area is 164 Å². The summed E-state index contributed by atoms with van der Waals surface area (Å²) in [4.78, 5) is 12.6. The average molecular weight is 401 g/mol. The van der Waals surface area contributed by atoms with Gasteiger partial charge in [-0.2, -0.15) is 0 Å². The summed E-state index contributed by atoms with van der Waals surface area (Å²) >= 11 is 0. The molecule has 0 atom stereocenters. The number of amidine groups is 1. The molecule has 0 spiro atoms. The number of nitrogens with one attached hydrogen (secondary N) is 1. The number of nitrogens with two attached hydrogens (primary N) is 1. The van der Waals surface area contributed by atoms with Gasteiger partial charge in [-0.05, 0) is 44.0 Å². The Bertz CT molecular complexity index is 1060. The van der Waals surface area contributed by atoms with Crippen LogP contribution in [0.15, 0.2) is 46.9 Å². The zero-order valence-corrected chi connectivity index (χ0v) is 16.8. The van der Waals surface area contributed by atoms with Crippen LogP contribution in [0.5, 0.6) is 5.75 Å². The van der Waals surface area contributed by atoms with Gasteiger partial charge in [-0.25, -0.2) is 8.42 Å². The third-order valence-corrected chi connectivity index (χ3v) is 5.52. The summed E-state index contributed by atoms with van der Waals surface area (Å²) in [6.45, 7) is 5.74. The Morgan fingerprint density at radius 3 is 2.64 bits per heavy atom. The molecular formula is C20H23N3O4S. The maximum absolute atomic E-state index is 12.6. The van der Waals surface area contributed by atoms with Crippen LogP contribution in [0.1, 0.15) is 40.9 Å². The summed E-state index contributed by atoms with van der Waals surface area (Å²) in [7, 11) is -3.61. The fourth-order valence-electron chi connectivity index (χ4n) is 3.03. The largest absolute Gasteiger partial charge is 0.490 e. The minimum Gasteiger partial charge on any atom is -0.490 e. The molecule has 1 aliphatic rings. The van der Waals surface area contributed by atoms with Crippen LogP contribution in [-0.2, 0) is 15.8 Å². The molecular weight excluding hydrogens is 378 g/mol. The van der Waals surface area contributed by atoms with Gasteiger partial charge in [-0.3, -0.25) is 4.79 Å². The van der Waals surface area contributed by atoms with E-state index in [0.717, 1.165) is 5.56 Å². The van der Waals surface area contributed by atoms with Crippen molar-refractivity contribution in [1.82, 2.24) is 5.32 Å². The number of benzene rings is 2. The molecule has 1 heterocycles. The van der Waals surface area contributed by atoms with Gasteiger partial charge in [0.15, 0.2) is 0 Å². The van der Waals surface area contributed by atoms with E-state index in [4.69, 9.17) is 10.5 Å². The van der Waals surface area contributed by atoms with Crippen molar-refractivity contribution in [3.05, 3.63) is 64.7 Å². The molecule has 2 aromatic rings. The molecule has 0 saturated heterocycles. The average Bonchev–Trinajstić information content (AvgIpc) is 2.58. The number of rotatable bonds is 5. The molecule has 28 heavy (non-hydrogen) atoms. The number of nitrogens with zero attached hydrogens (tertiary/aromatic N) is 1. The number of carbonyl (C=O) groups is 1. The van der Waals surface area contributed by atoms with Crippen molar-refractivity contribution in [1.29, 1.82) is 0 Å². The zero-order valence-electron chi connectivity index (χ0n) is 16.0. The number of hydrogen-bond acceptors (Lipinski definition) is 5. The van der Waals surface area contributed by atoms with E-state index in [2.05, 4.69) is 9.71 Å². The lowest BCUT2D eigenvalue weighted by Gasteiger charge is -2.28. The van der Waals surface area contributed by atoms with E-state index in [1.165, 1.54) is 0 Å². The lowest BCUT2D eigenvalue weighted by molar-refractivity contribution is 0.0880. The predicted molar refractivity (Wildman–Crippen MR) is 108 cm³/mol. The van der Waals surface area contributed by atoms with Crippen molar-refractivity contribution in [2.45, 2.75) is 32.1 Å². The summed E-state index contributed by atoms with van der Waals surface area (Å²) in [5.74, 6) is -0.0485. The number of fused-ring (bicyclic) bond motifs is 1. The van der Waals surface area contributed by atoms with Crippen LogP contribution in [0.25, 0.3) is 0 Å². The highest BCUT2D eigenvalue weighted by Gasteiger charge is 2.27. The van der Waals surface area contributed by atoms with Crippen LogP contribution in [0, 0.1) is 6.92 Å². The van der Waals surface area contributed by atoms with Crippen molar-refractivity contribution < 1.29 is 17.9 Å². The zero-order chi connectivity index (χ0) is 20.5. The molecule has 0 unspecified atom stereocenters. The van der Waals surface area contributed by atoms with Gasteiger partial charge in [0.05, 0.1) is 16.9 Å². The van der Waals surface area contributed by atoms with E-state index in [1.54, 1.807) is 24.3 Å². The van der Waals surface area contributed by atoms with Crippen molar-refractivity contribution in [3.63, 3.8) is 0 Å². The van der Waals surface area contributed by atoms with Gasteiger partial charge in [-0.1, -0.05) is 30.3 Å². The van der Waals surface area contributed by atoms with E-state index in [-0.39, 0.29) is 24.1 Å². The number of ether oxygens (including phenoxy) is 1. The number of amides is 1. The Morgan fingerprint density at radius 2 is 1.93 bits per heavy atom. The summed E-state index contributed by atoms with van der Waals surface area (Å²) in [6.07, 6.45) is 0. The number of hydrogen-bond donors (Lipinski definition) is 2. The summed E-state index contributed by atoms with van der Waals surface area (Å²) in [5, 5.41) is 2.97. The molecule has 2 aromatic carbocycles. The molecule has 0 bridgehead atoms. The van der Waals surface area contributed by atoms with Gasteiger partial charge in [0, 0.05) is 5.56 Å². The molecule has 0 aromatic heterocycles. The number of sulfonamides is 1. The molecule has 148 valence electrons. The third-order valence-electron chi connectivity index (χ3n) is 4.37. The summed E-state index contributed by atoms with van der Waals surface area (Å²) in [6, 6.07) is 12.5. The lowest BCUT2D eigenvalue weighted by Crippen LogP contribution is -2.48. The van der Waals surface area contributed by atoms with Crippen LogP contribution < -0.4 is 15.8 Å². The maximum atomic E-state index is 12.6.